The highest BCUT2D eigenvalue weighted by Gasteiger charge is 2.24. The van der Waals surface area contributed by atoms with Crippen molar-refractivity contribution in [3.63, 3.8) is 0 Å². The van der Waals surface area contributed by atoms with Crippen molar-refractivity contribution < 1.29 is 8.78 Å². The van der Waals surface area contributed by atoms with Gasteiger partial charge in [-0.15, -0.1) is 11.3 Å². The minimum absolute atomic E-state index is 0.197. The molecule has 0 aromatic carbocycles. The number of hydrogen-bond donors (Lipinski definition) is 0. The summed E-state index contributed by atoms with van der Waals surface area (Å²) in [5.74, 6) is -0.431. The first-order valence-corrected chi connectivity index (χ1v) is 4.24. The van der Waals surface area contributed by atoms with E-state index in [1.165, 1.54) is 5.38 Å². The summed E-state index contributed by atoms with van der Waals surface area (Å²) in [7, 11) is 0. The zero-order valence-electron chi connectivity index (χ0n) is 6.74. The number of thiophene rings is 1. The van der Waals surface area contributed by atoms with E-state index in [9.17, 15) is 8.78 Å². The summed E-state index contributed by atoms with van der Waals surface area (Å²) in [5.41, 5.74) is -0.240. The maximum absolute atomic E-state index is 12.9. The van der Waals surface area contributed by atoms with Crippen molar-refractivity contribution in [2.45, 2.75) is 26.2 Å². The molecule has 0 spiro atoms. The van der Waals surface area contributed by atoms with Crippen LogP contribution in [-0.4, -0.2) is 0 Å². The van der Waals surface area contributed by atoms with Gasteiger partial charge in [0, 0.05) is 10.9 Å². The van der Waals surface area contributed by atoms with Crippen molar-refractivity contribution in [1.82, 2.24) is 0 Å². The molecule has 0 aliphatic rings. The minimum atomic E-state index is -0.436. The Morgan fingerprint density at radius 1 is 1.27 bits per heavy atom. The van der Waals surface area contributed by atoms with E-state index in [0.29, 0.717) is 0 Å². The summed E-state index contributed by atoms with van der Waals surface area (Å²) in [5, 5.41) is 0.797. The van der Waals surface area contributed by atoms with Gasteiger partial charge in [0.15, 0.2) is 5.13 Å². The number of hydrogen-bond acceptors (Lipinski definition) is 1. The molecule has 0 radical (unpaired) electrons. The van der Waals surface area contributed by atoms with Gasteiger partial charge in [0.2, 0.25) is 0 Å². The summed E-state index contributed by atoms with van der Waals surface area (Å²) in [6, 6.07) is 0. The molecule has 62 valence electrons. The van der Waals surface area contributed by atoms with Crippen molar-refractivity contribution in [2.24, 2.45) is 0 Å². The second-order valence-corrected chi connectivity index (χ2v) is 4.31. The molecule has 11 heavy (non-hydrogen) atoms. The van der Waals surface area contributed by atoms with E-state index in [-0.39, 0.29) is 5.56 Å². The zero-order valence-corrected chi connectivity index (χ0v) is 7.56. The standard InChI is InChI=1S/C8H10F2S/c1-8(2,3)6-5(9)4-11-7(6)10/h4H,1-3H3. The second-order valence-electron chi connectivity index (χ2n) is 3.48. The van der Waals surface area contributed by atoms with E-state index in [0.717, 1.165) is 11.3 Å². The predicted molar refractivity (Wildman–Crippen MR) is 42.9 cm³/mol. The molecule has 1 aromatic heterocycles. The van der Waals surface area contributed by atoms with Crippen molar-refractivity contribution in [2.75, 3.05) is 0 Å². The Bertz CT molecular complexity index is 238. The SMILES string of the molecule is CC(C)(C)c1c(F)csc1F. The maximum Gasteiger partial charge on any atom is 0.183 e. The van der Waals surface area contributed by atoms with E-state index in [1.807, 2.05) is 0 Å². The first-order valence-electron chi connectivity index (χ1n) is 3.36. The van der Waals surface area contributed by atoms with Crippen molar-refractivity contribution in [3.05, 3.63) is 21.9 Å². The van der Waals surface area contributed by atoms with Crippen LogP contribution in [-0.2, 0) is 5.41 Å². The normalized spacial score (nSPS) is 12.1. The molecule has 0 bridgehead atoms. The lowest BCUT2D eigenvalue weighted by molar-refractivity contribution is 0.492. The highest BCUT2D eigenvalue weighted by atomic mass is 32.1. The Morgan fingerprint density at radius 3 is 2.00 bits per heavy atom. The van der Waals surface area contributed by atoms with Crippen LogP contribution in [0, 0.1) is 10.9 Å². The van der Waals surface area contributed by atoms with E-state index in [1.54, 1.807) is 20.8 Å². The Labute approximate surface area is 68.9 Å². The molecule has 1 aromatic rings. The molecule has 0 saturated heterocycles. The highest BCUT2D eigenvalue weighted by Crippen LogP contribution is 2.31. The number of rotatable bonds is 0. The van der Waals surface area contributed by atoms with Crippen LogP contribution in [0.4, 0.5) is 8.78 Å². The first kappa shape index (κ1) is 8.65. The fourth-order valence-corrected chi connectivity index (χ4v) is 1.81. The van der Waals surface area contributed by atoms with Crippen LogP contribution in [0.2, 0.25) is 0 Å². The van der Waals surface area contributed by atoms with Crippen molar-refractivity contribution in [1.29, 1.82) is 0 Å². The third-order valence-electron chi connectivity index (χ3n) is 1.45. The smallest absolute Gasteiger partial charge is 0.183 e. The molecule has 3 heteroatoms. The van der Waals surface area contributed by atoms with Crippen molar-refractivity contribution in [3.8, 4) is 0 Å². The van der Waals surface area contributed by atoms with E-state index >= 15 is 0 Å². The largest absolute Gasteiger partial charge is 0.206 e. The molecule has 0 saturated carbocycles. The molecular weight excluding hydrogens is 166 g/mol. The summed E-state index contributed by atoms with van der Waals surface area (Å²) in [4.78, 5) is 0. The first-order chi connectivity index (χ1) is 4.93. The van der Waals surface area contributed by atoms with E-state index in [4.69, 9.17) is 0 Å². The second kappa shape index (κ2) is 2.55. The van der Waals surface area contributed by atoms with Gasteiger partial charge in [-0.05, 0) is 5.41 Å². The van der Waals surface area contributed by atoms with Gasteiger partial charge >= 0.3 is 0 Å². The van der Waals surface area contributed by atoms with Crippen LogP contribution in [0.15, 0.2) is 5.38 Å². The zero-order chi connectivity index (χ0) is 8.65. The molecule has 0 aliphatic heterocycles. The Morgan fingerprint density at radius 2 is 1.82 bits per heavy atom. The van der Waals surface area contributed by atoms with E-state index < -0.39 is 16.4 Å². The third-order valence-corrected chi connectivity index (χ3v) is 2.19. The summed E-state index contributed by atoms with van der Waals surface area (Å²) < 4.78 is 25.8. The maximum atomic E-state index is 12.9. The predicted octanol–water partition coefficient (Wildman–Crippen LogP) is 3.32. The topological polar surface area (TPSA) is 0 Å². The molecule has 1 rings (SSSR count). The van der Waals surface area contributed by atoms with E-state index in [2.05, 4.69) is 0 Å². The van der Waals surface area contributed by atoms with Gasteiger partial charge in [-0.1, -0.05) is 20.8 Å². The molecule has 0 unspecified atom stereocenters. The molecular formula is C8H10F2S. The lowest BCUT2D eigenvalue weighted by atomic mass is 9.89. The van der Waals surface area contributed by atoms with Crippen LogP contribution in [0.5, 0.6) is 0 Å². The van der Waals surface area contributed by atoms with Gasteiger partial charge in [0.05, 0.1) is 0 Å². The quantitative estimate of drug-likeness (QED) is 0.568. The van der Waals surface area contributed by atoms with Crippen LogP contribution < -0.4 is 0 Å². The molecule has 0 atom stereocenters. The van der Waals surface area contributed by atoms with Crippen LogP contribution in [0.3, 0.4) is 0 Å². The molecule has 0 N–H and O–H groups in total. The molecule has 0 amide bonds. The lowest BCUT2D eigenvalue weighted by Gasteiger charge is -2.16. The monoisotopic (exact) mass is 176 g/mol. The van der Waals surface area contributed by atoms with Gasteiger partial charge < -0.3 is 0 Å². The summed E-state index contributed by atoms with van der Waals surface area (Å²) in [6.07, 6.45) is 0. The van der Waals surface area contributed by atoms with Gasteiger partial charge in [0.1, 0.15) is 5.82 Å². The third kappa shape index (κ3) is 1.59. The Kier molecular flexibility index (Phi) is 2.01. The Hall–Kier alpha value is -0.440. The van der Waals surface area contributed by atoms with Crippen LogP contribution in [0.1, 0.15) is 26.3 Å². The fraction of sp³-hybridized carbons (Fsp3) is 0.500. The fourth-order valence-electron chi connectivity index (χ4n) is 0.968. The lowest BCUT2D eigenvalue weighted by Crippen LogP contribution is -2.13. The van der Waals surface area contributed by atoms with Gasteiger partial charge in [0.25, 0.3) is 0 Å². The van der Waals surface area contributed by atoms with Crippen LogP contribution in [0.25, 0.3) is 0 Å². The molecule has 0 fully saturated rings. The Balaban J connectivity index is 3.21. The van der Waals surface area contributed by atoms with Gasteiger partial charge in [-0.3, -0.25) is 0 Å². The number of halogens is 2. The minimum Gasteiger partial charge on any atom is -0.206 e. The van der Waals surface area contributed by atoms with Gasteiger partial charge in [-0.2, -0.15) is 4.39 Å². The van der Waals surface area contributed by atoms with Gasteiger partial charge in [-0.25, -0.2) is 4.39 Å². The highest BCUT2D eigenvalue weighted by molar-refractivity contribution is 7.08. The average molecular weight is 176 g/mol. The van der Waals surface area contributed by atoms with Crippen molar-refractivity contribution >= 4 is 11.3 Å². The average Bonchev–Trinajstić information content (AvgIpc) is 2.08. The van der Waals surface area contributed by atoms with Crippen LogP contribution >= 0.6 is 11.3 Å². The summed E-state index contributed by atoms with van der Waals surface area (Å²) in [6.45, 7) is 5.38. The summed E-state index contributed by atoms with van der Waals surface area (Å²) >= 11 is 0.816. The molecule has 0 nitrogen and oxygen atoms in total. The molecule has 0 aliphatic carbocycles. The molecule has 1 heterocycles.